The molecule has 4 rings (SSSR count). The molecular formula is C23H27ClN2O2. The largest absolute Gasteiger partial charge is 0.495 e. The van der Waals surface area contributed by atoms with E-state index in [0.717, 1.165) is 35.0 Å². The van der Waals surface area contributed by atoms with Gasteiger partial charge < -0.3 is 15.0 Å². The van der Waals surface area contributed by atoms with Crippen molar-refractivity contribution in [2.75, 3.05) is 12.4 Å². The van der Waals surface area contributed by atoms with Crippen LogP contribution >= 0.6 is 11.6 Å². The van der Waals surface area contributed by atoms with Gasteiger partial charge in [0, 0.05) is 29.1 Å². The quantitative estimate of drug-likeness (QED) is 0.562. The van der Waals surface area contributed by atoms with E-state index in [9.17, 15) is 4.79 Å². The SMILES string of the molecule is COc1cc(C2(C(=O)Nc3ccc4[nH]c(C(C)(C)C)cc4c3)CC2)ccc1Cl.[HH]. The van der Waals surface area contributed by atoms with Crippen molar-refractivity contribution in [2.24, 2.45) is 0 Å². The molecular weight excluding hydrogens is 372 g/mol. The number of nitrogens with one attached hydrogen (secondary N) is 2. The fourth-order valence-corrected chi connectivity index (χ4v) is 3.79. The highest BCUT2D eigenvalue weighted by atomic mass is 35.5. The van der Waals surface area contributed by atoms with Crippen LogP contribution in [0, 0.1) is 0 Å². The number of halogens is 1. The Morgan fingerprint density at radius 3 is 2.57 bits per heavy atom. The molecule has 0 aliphatic heterocycles. The predicted octanol–water partition coefficient (Wildman–Crippen LogP) is 6.04. The van der Waals surface area contributed by atoms with Gasteiger partial charge in [-0.15, -0.1) is 0 Å². The number of aromatic nitrogens is 1. The van der Waals surface area contributed by atoms with Gasteiger partial charge in [-0.05, 0) is 54.8 Å². The van der Waals surface area contributed by atoms with Crippen LogP contribution in [0.15, 0.2) is 42.5 Å². The minimum atomic E-state index is -0.498. The van der Waals surface area contributed by atoms with Crippen molar-refractivity contribution in [2.45, 2.75) is 44.4 Å². The molecule has 148 valence electrons. The number of hydrogen-bond donors (Lipinski definition) is 2. The zero-order chi connectivity index (χ0) is 20.1. The van der Waals surface area contributed by atoms with E-state index < -0.39 is 5.41 Å². The third-order valence-corrected chi connectivity index (χ3v) is 5.89. The normalized spacial score (nSPS) is 15.5. The molecule has 2 aromatic carbocycles. The van der Waals surface area contributed by atoms with Crippen LogP contribution in [0.4, 0.5) is 5.69 Å². The molecule has 0 spiro atoms. The summed E-state index contributed by atoms with van der Waals surface area (Å²) in [6, 6.07) is 13.7. The van der Waals surface area contributed by atoms with Gasteiger partial charge in [0.2, 0.25) is 5.91 Å². The van der Waals surface area contributed by atoms with Gasteiger partial charge in [0.1, 0.15) is 5.75 Å². The smallest absolute Gasteiger partial charge is 0.235 e. The lowest BCUT2D eigenvalue weighted by molar-refractivity contribution is -0.118. The number of H-pyrrole nitrogens is 1. The Morgan fingerprint density at radius 1 is 1.18 bits per heavy atom. The molecule has 1 amide bonds. The summed E-state index contributed by atoms with van der Waals surface area (Å²) < 4.78 is 5.32. The van der Waals surface area contributed by atoms with Crippen LogP contribution < -0.4 is 10.1 Å². The molecule has 0 radical (unpaired) electrons. The lowest BCUT2D eigenvalue weighted by atomic mass is 9.92. The lowest BCUT2D eigenvalue weighted by Gasteiger charge is -2.17. The molecule has 5 heteroatoms. The van der Waals surface area contributed by atoms with E-state index in [1.54, 1.807) is 13.2 Å². The minimum absolute atomic E-state index is 0. The van der Waals surface area contributed by atoms with Crippen molar-refractivity contribution in [3.05, 3.63) is 58.7 Å². The Bertz CT molecular complexity index is 1060. The summed E-state index contributed by atoms with van der Waals surface area (Å²) in [5.74, 6) is 0.615. The fraction of sp³-hybridized carbons (Fsp3) is 0.348. The summed E-state index contributed by atoms with van der Waals surface area (Å²) >= 11 is 6.14. The Balaban J connectivity index is 0.00000240. The molecule has 3 aromatic rings. The molecule has 1 fully saturated rings. The van der Waals surface area contributed by atoms with Crippen LogP contribution in [0.1, 0.15) is 46.3 Å². The molecule has 4 nitrogen and oxygen atoms in total. The number of carbonyl (C=O) groups is 1. The average molecular weight is 399 g/mol. The third-order valence-electron chi connectivity index (χ3n) is 5.57. The number of anilines is 1. The van der Waals surface area contributed by atoms with E-state index in [-0.39, 0.29) is 12.7 Å². The monoisotopic (exact) mass is 398 g/mol. The summed E-state index contributed by atoms with van der Waals surface area (Å²) in [6.45, 7) is 6.53. The maximum atomic E-state index is 13.1. The highest BCUT2D eigenvalue weighted by Gasteiger charge is 2.51. The zero-order valence-corrected chi connectivity index (χ0v) is 17.4. The van der Waals surface area contributed by atoms with E-state index in [1.165, 1.54) is 5.69 Å². The van der Waals surface area contributed by atoms with Gasteiger partial charge in [-0.25, -0.2) is 0 Å². The summed E-state index contributed by atoms with van der Waals surface area (Å²) in [7, 11) is 1.59. The molecule has 2 N–H and O–H groups in total. The summed E-state index contributed by atoms with van der Waals surface area (Å²) in [5.41, 5.74) is 3.56. The number of hydrogen-bond acceptors (Lipinski definition) is 2. The van der Waals surface area contributed by atoms with Crippen molar-refractivity contribution in [1.82, 2.24) is 4.98 Å². The van der Waals surface area contributed by atoms with E-state index in [0.29, 0.717) is 10.8 Å². The molecule has 0 unspecified atom stereocenters. The highest BCUT2D eigenvalue weighted by molar-refractivity contribution is 6.32. The Kier molecular flexibility index (Phi) is 4.42. The average Bonchev–Trinajstić information content (AvgIpc) is 3.34. The number of rotatable bonds is 4. The Hall–Kier alpha value is -2.46. The standard InChI is InChI=1S/C23H25ClN2O2.H2/c1-22(2,3)20-12-14-11-16(6-8-18(14)26-20)25-21(27)23(9-10-23)15-5-7-17(24)19(13-15)28-4;/h5-8,11-13,26H,9-10H2,1-4H3,(H,25,27);1H. The number of ether oxygens (including phenoxy) is 1. The van der Waals surface area contributed by atoms with Crippen LogP contribution in [0.5, 0.6) is 5.75 Å². The number of amides is 1. The summed E-state index contributed by atoms with van der Waals surface area (Å²) in [4.78, 5) is 16.6. The van der Waals surface area contributed by atoms with Gasteiger partial charge >= 0.3 is 0 Å². The highest BCUT2D eigenvalue weighted by Crippen LogP contribution is 2.50. The second-order valence-corrected chi connectivity index (χ2v) is 9.03. The van der Waals surface area contributed by atoms with E-state index in [2.05, 4.69) is 37.1 Å². The first-order valence-corrected chi connectivity index (χ1v) is 9.89. The van der Waals surface area contributed by atoms with Crippen molar-refractivity contribution < 1.29 is 11.0 Å². The maximum absolute atomic E-state index is 13.1. The van der Waals surface area contributed by atoms with Crippen LogP contribution in [0.25, 0.3) is 10.9 Å². The van der Waals surface area contributed by atoms with Gasteiger partial charge in [-0.1, -0.05) is 38.4 Å². The summed E-state index contributed by atoms with van der Waals surface area (Å²) in [5, 5.41) is 4.76. The van der Waals surface area contributed by atoms with Crippen LogP contribution in [0.3, 0.4) is 0 Å². The molecule has 0 bridgehead atoms. The molecule has 1 heterocycles. The van der Waals surface area contributed by atoms with Crippen LogP contribution in [0.2, 0.25) is 5.02 Å². The Morgan fingerprint density at radius 2 is 1.93 bits per heavy atom. The number of aromatic amines is 1. The first-order valence-electron chi connectivity index (χ1n) is 9.52. The van der Waals surface area contributed by atoms with Gasteiger partial charge in [-0.3, -0.25) is 4.79 Å². The molecule has 0 saturated heterocycles. The summed E-state index contributed by atoms with van der Waals surface area (Å²) in [6.07, 6.45) is 1.65. The molecule has 1 aromatic heterocycles. The van der Waals surface area contributed by atoms with E-state index in [4.69, 9.17) is 16.3 Å². The molecule has 1 aliphatic rings. The topological polar surface area (TPSA) is 54.1 Å². The second-order valence-electron chi connectivity index (χ2n) is 8.62. The molecule has 1 aliphatic carbocycles. The molecule has 28 heavy (non-hydrogen) atoms. The lowest BCUT2D eigenvalue weighted by Crippen LogP contribution is -2.27. The number of benzene rings is 2. The zero-order valence-electron chi connectivity index (χ0n) is 16.7. The van der Waals surface area contributed by atoms with E-state index in [1.807, 2.05) is 30.3 Å². The molecule has 1 saturated carbocycles. The van der Waals surface area contributed by atoms with Crippen molar-refractivity contribution >= 4 is 34.1 Å². The van der Waals surface area contributed by atoms with E-state index >= 15 is 0 Å². The van der Waals surface area contributed by atoms with Gasteiger partial charge in [0.05, 0.1) is 17.5 Å². The number of fused-ring (bicyclic) bond motifs is 1. The van der Waals surface area contributed by atoms with Crippen LogP contribution in [-0.2, 0) is 15.6 Å². The third kappa shape index (κ3) is 3.26. The first kappa shape index (κ1) is 18.9. The number of carbonyl (C=O) groups excluding carboxylic acids is 1. The van der Waals surface area contributed by atoms with Crippen molar-refractivity contribution in [1.29, 1.82) is 0 Å². The molecule has 0 atom stereocenters. The van der Waals surface area contributed by atoms with Crippen molar-refractivity contribution in [3.8, 4) is 5.75 Å². The fourth-order valence-electron chi connectivity index (χ4n) is 3.59. The maximum Gasteiger partial charge on any atom is 0.235 e. The first-order chi connectivity index (χ1) is 13.2. The predicted molar refractivity (Wildman–Crippen MR) is 117 cm³/mol. The number of methoxy groups -OCH3 is 1. The van der Waals surface area contributed by atoms with Gasteiger partial charge in [0.15, 0.2) is 0 Å². The van der Waals surface area contributed by atoms with Gasteiger partial charge in [-0.2, -0.15) is 0 Å². The van der Waals surface area contributed by atoms with Crippen LogP contribution in [-0.4, -0.2) is 18.0 Å². The minimum Gasteiger partial charge on any atom is -0.495 e. The van der Waals surface area contributed by atoms with Gasteiger partial charge in [0.25, 0.3) is 0 Å². The second kappa shape index (κ2) is 6.56. The Labute approximate surface area is 171 Å². The van der Waals surface area contributed by atoms with Crippen molar-refractivity contribution in [3.63, 3.8) is 0 Å².